The molecule has 0 fully saturated rings. The quantitative estimate of drug-likeness (QED) is 0.733. The maximum Gasteiger partial charge on any atom is 0.127 e. The fourth-order valence-electron chi connectivity index (χ4n) is 1.75. The monoisotopic (exact) mass is 227 g/mol. The van der Waals surface area contributed by atoms with Crippen LogP contribution in [0.3, 0.4) is 0 Å². The van der Waals surface area contributed by atoms with Crippen LogP contribution in [0.2, 0.25) is 0 Å². The van der Waals surface area contributed by atoms with E-state index in [0.717, 1.165) is 30.1 Å². The Hall–Kier alpha value is -1.50. The van der Waals surface area contributed by atoms with Gasteiger partial charge in [0.2, 0.25) is 0 Å². The molecule has 2 rings (SSSR count). The molecule has 0 bridgehead atoms. The van der Waals surface area contributed by atoms with Crippen molar-refractivity contribution in [1.29, 1.82) is 0 Å². The first-order valence-electron chi connectivity index (χ1n) is 6.33. The first-order chi connectivity index (χ1) is 8.29. The molecule has 0 saturated heterocycles. The van der Waals surface area contributed by atoms with Crippen molar-refractivity contribution in [3.8, 4) is 5.75 Å². The summed E-state index contributed by atoms with van der Waals surface area (Å²) in [7, 11) is 0. The molecule has 1 atom stereocenters. The molecule has 2 aromatic carbocycles. The average Bonchev–Trinajstić information content (AvgIpc) is 2.38. The molecule has 0 aliphatic rings. The first-order valence-corrected chi connectivity index (χ1v) is 6.33. The highest BCUT2D eigenvalue weighted by Crippen LogP contribution is 2.20. The van der Waals surface area contributed by atoms with Crippen LogP contribution in [-0.2, 0) is 0 Å². The third kappa shape index (κ3) is 3.23. The summed E-state index contributed by atoms with van der Waals surface area (Å²) in [4.78, 5) is 0. The van der Waals surface area contributed by atoms with E-state index in [1.165, 1.54) is 11.8 Å². The molecule has 0 amide bonds. The van der Waals surface area contributed by atoms with E-state index in [1.807, 2.05) is 18.2 Å². The highest BCUT2D eigenvalue weighted by atomic mass is 16.5. The summed E-state index contributed by atoms with van der Waals surface area (Å²) in [5.74, 6) is 1.59. The van der Waals surface area contributed by atoms with Crippen LogP contribution >= 0.6 is 0 Å². The number of fused-ring (bicyclic) bond motifs is 1. The van der Waals surface area contributed by atoms with Crippen LogP contribution in [0.1, 0.15) is 26.7 Å². The molecule has 1 heteroatoms. The summed E-state index contributed by atoms with van der Waals surface area (Å²) >= 11 is 0. The van der Waals surface area contributed by atoms with Gasteiger partial charge < -0.3 is 4.74 Å². The first kappa shape index (κ1) is 12.0. The Labute approximate surface area is 103 Å². The zero-order chi connectivity index (χ0) is 12.1. The lowest BCUT2D eigenvalue weighted by Gasteiger charge is -2.10. The van der Waals surface area contributed by atoms with Gasteiger partial charge in [-0.1, -0.05) is 50.6 Å². The van der Waals surface area contributed by atoms with E-state index < -0.39 is 0 Å². The second kappa shape index (κ2) is 5.72. The molecule has 1 unspecified atom stereocenters. The summed E-state index contributed by atoms with van der Waals surface area (Å²) in [6, 6.07) is 15.6. The van der Waals surface area contributed by atoms with Gasteiger partial charge in [0.05, 0.1) is 6.61 Å². The van der Waals surface area contributed by atoms with Gasteiger partial charge in [-0.05, 0) is 29.2 Å². The summed E-state index contributed by atoms with van der Waals surface area (Å²) in [6.07, 6.45) is 2.32. The highest BCUT2D eigenvalue weighted by molar-refractivity contribution is 5.83. The molecule has 1 radical (unpaired) electrons. The SMILES string of the molecule is CCC(C)CCOc1[c]c2ccccc2cc1. The third-order valence-corrected chi connectivity index (χ3v) is 3.20. The minimum atomic E-state index is 0.732. The predicted octanol–water partition coefficient (Wildman–Crippen LogP) is 4.45. The van der Waals surface area contributed by atoms with E-state index in [4.69, 9.17) is 4.74 Å². The maximum absolute atomic E-state index is 5.73. The van der Waals surface area contributed by atoms with Crippen molar-refractivity contribution in [2.45, 2.75) is 26.7 Å². The zero-order valence-electron chi connectivity index (χ0n) is 10.6. The second-order valence-electron chi connectivity index (χ2n) is 4.56. The summed E-state index contributed by atoms with van der Waals surface area (Å²) in [6.45, 7) is 5.25. The molecular formula is C16H19O. The van der Waals surface area contributed by atoms with Crippen molar-refractivity contribution < 1.29 is 4.74 Å². The average molecular weight is 227 g/mol. The summed E-state index contributed by atoms with van der Waals surface area (Å²) in [5.41, 5.74) is 0. The lowest BCUT2D eigenvalue weighted by Crippen LogP contribution is -2.03. The Morgan fingerprint density at radius 2 is 2.00 bits per heavy atom. The lowest BCUT2D eigenvalue weighted by atomic mass is 10.1. The topological polar surface area (TPSA) is 9.23 Å². The molecule has 0 aliphatic carbocycles. The summed E-state index contributed by atoms with van der Waals surface area (Å²) < 4.78 is 5.73. The van der Waals surface area contributed by atoms with Gasteiger partial charge in [0.25, 0.3) is 0 Å². The number of hydrogen-bond acceptors (Lipinski definition) is 1. The van der Waals surface area contributed by atoms with Crippen molar-refractivity contribution in [2.75, 3.05) is 6.61 Å². The Morgan fingerprint density at radius 3 is 2.82 bits per heavy atom. The molecule has 89 valence electrons. The number of rotatable bonds is 5. The smallest absolute Gasteiger partial charge is 0.127 e. The fourth-order valence-corrected chi connectivity index (χ4v) is 1.75. The zero-order valence-corrected chi connectivity index (χ0v) is 10.6. The van der Waals surface area contributed by atoms with Crippen molar-refractivity contribution in [1.82, 2.24) is 0 Å². The number of hydrogen-bond donors (Lipinski definition) is 0. The second-order valence-corrected chi connectivity index (χ2v) is 4.56. The number of benzene rings is 2. The summed E-state index contributed by atoms with van der Waals surface area (Å²) in [5, 5.41) is 2.33. The number of ether oxygens (including phenoxy) is 1. The predicted molar refractivity (Wildman–Crippen MR) is 72.4 cm³/mol. The van der Waals surface area contributed by atoms with Gasteiger partial charge in [0.15, 0.2) is 0 Å². The van der Waals surface area contributed by atoms with E-state index in [2.05, 4.69) is 38.1 Å². The van der Waals surface area contributed by atoms with Crippen LogP contribution in [0.5, 0.6) is 5.75 Å². The molecule has 0 heterocycles. The van der Waals surface area contributed by atoms with E-state index in [9.17, 15) is 0 Å². The van der Waals surface area contributed by atoms with Gasteiger partial charge in [-0.3, -0.25) is 0 Å². The molecule has 0 N–H and O–H groups in total. The molecule has 0 spiro atoms. The Bertz CT molecular complexity index is 476. The van der Waals surface area contributed by atoms with Gasteiger partial charge in [0, 0.05) is 6.07 Å². The van der Waals surface area contributed by atoms with Gasteiger partial charge in [-0.2, -0.15) is 0 Å². The van der Waals surface area contributed by atoms with Crippen molar-refractivity contribution in [2.24, 2.45) is 5.92 Å². The van der Waals surface area contributed by atoms with Crippen LogP contribution in [0.25, 0.3) is 10.8 Å². The maximum atomic E-state index is 5.73. The van der Waals surface area contributed by atoms with E-state index >= 15 is 0 Å². The van der Waals surface area contributed by atoms with Crippen LogP contribution in [0, 0.1) is 12.0 Å². The Kier molecular flexibility index (Phi) is 4.03. The van der Waals surface area contributed by atoms with E-state index in [0.29, 0.717) is 0 Å². The Balaban J connectivity index is 1.99. The molecule has 0 aliphatic heterocycles. The molecule has 2 aromatic rings. The van der Waals surface area contributed by atoms with Gasteiger partial charge in [-0.25, -0.2) is 0 Å². The van der Waals surface area contributed by atoms with E-state index in [1.54, 1.807) is 0 Å². The van der Waals surface area contributed by atoms with Crippen molar-refractivity contribution in [3.63, 3.8) is 0 Å². The van der Waals surface area contributed by atoms with Crippen LogP contribution in [0.15, 0.2) is 36.4 Å². The molecule has 0 saturated carbocycles. The molecule has 1 nitrogen and oxygen atoms in total. The highest BCUT2D eigenvalue weighted by Gasteiger charge is 2.01. The van der Waals surface area contributed by atoms with Crippen LogP contribution < -0.4 is 4.74 Å². The molecular weight excluding hydrogens is 208 g/mol. The van der Waals surface area contributed by atoms with Crippen molar-refractivity contribution >= 4 is 10.8 Å². The Morgan fingerprint density at radius 1 is 1.18 bits per heavy atom. The standard InChI is InChI=1S/C16H19O/c1-3-13(2)10-11-17-16-9-8-14-6-4-5-7-15(14)12-16/h4-9,13H,3,10-11H2,1-2H3. The lowest BCUT2D eigenvalue weighted by molar-refractivity contribution is 0.281. The van der Waals surface area contributed by atoms with Gasteiger partial charge in [0.1, 0.15) is 5.75 Å². The van der Waals surface area contributed by atoms with Gasteiger partial charge >= 0.3 is 0 Å². The third-order valence-electron chi connectivity index (χ3n) is 3.20. The van der Waals surface area contributed by atoms with E-state index in [-0.39, 0.29) is 0 Å². The fraction of sp³-hybridized carbons (Fsp3) is 0.375. The van der Waals surface area contributed by atoms with Gasteiger partial charge in [-0.15, -0.1) is 0 Å². The molecule has 17 heavy (non-hydrogen) atoms. The van der Waals surface area contributed by atoms with Crippen molar-refractivity contribution in [3.05, 3.63) is 42.5 Å². The van der Waals surface area contributed by atoms with Crippen LogP contribution in [0.4, 0.5) is 0 Å². The largest absolute Gasteiger partial charge is 0.493 e. The van der Waals surface area contributed by atoms with Crippen LogP contribution in [-0.4, -0.2) is 6.61 Å². The normalized spacial score (nSPS) is 12.6. The molecule has 0 aromatic heterocycles. The minimum Gasteiger partial charge on any atom is -0.493 e. The minimum absolute atomic E-state index is 0.732.